The minimum atomic E-state index is 0.310. The van der Waals surface area contributed by atoms with Gasteiger partial charge in [0.25, 0.3) is 0 Å². The van der Waals surface area contributed by atoms with Gasteiger partial charge >= 0.3 is 0 Å². The molecule has 0 aromatic heterocycles. The summed E-state index contributed by atoms with van der Waals surface area (Å²) in [5.74, 6) is 0.803. The first kappa shape index (κ1) is 12.7. The van der Waals surface area contributed by atoms with Gasteiger partial charge in [-0.3, -0.25) is 0 Å². The lowest BCUT2D eigenvalue weighted by Gasteiger charge is -2.07. The highest BCUT2D eigenvalue weighted by Gasteiger charge is 2.19. The molecule has 0 aliphatic heterocycles. The predicted octanol–water partition coefficient (Wildman–Crippen LogP) is 3.64. The summed E-state index contributed by atoms with van der Waals surface area (Å²) in [6, 6.07) is 8.75. The molecule has 2 rings (SSSR count). The molecule has 1 saturated carbocycles. The van der Waals surface area contributed by atoms with Crippen LogP contribution >= 0.6 is 23.2 Å². The number of rotatable bonds is 6. The average Bonchev–Trinajstić information content (AvgIpc) is 3.18. The zero-order valence-corrected chi connectivity index (χ0v) is 11.0. The Morgan fingerprint density at radius 1 is 1.35 bits per heavy atom. The van der Waals surface area contributed by atoms with Crippen LogP contribution < -0.4 is 10.1 Å². The first-order valence-electron chi connectivity index (χ1n) is 5.68. The third-order valence-electron chi connectivity index (χ3n) is 2.59. The van der Waals surface area contributed by atoms with Crippen molar-refractivity contribution in [2.75, 3.05) is 6.61 Å². The maximum Gasteiger partial charge on any atom is 0.125 e. The molecule has 0 bridgehead atoms. The summed E-state index contributed by atoms with van der Waals surface area (Å²) in [5, 5.41) is 3.96. The lowest BCUT2D eigenvalue weighted by atomic mass is 10.2. The number of hydrogen-bond donors (Lipinski definition) is 1. The van der Waals surface area contributed by atoms with E-state index in [1.807, 2.05) is 12.1 Å². The highest BCUT2D eigenvalue weighted by Crippen LogP contribution is 2.20. The topological polar surface area (TPSA) is 21.3 Å². The van der Waals surface area contributed by atoms with Gasteiger partial charge in [0.15, 0.2) is 0 Å². The van der Waals surface area contributed by atoms with Crippen molar-refractivity contribution in [3.05, 3.63) is 40.4 Å². The van der Waals surface area contributed by atoms with Gasteiger partial charge < -0.3 is 10.1 Å². The summed E-state index contributed by atoms with van der Waals surface area (Å²) in [5.41, 5.74) is 2.58. The lowest BCUT2D eigenvalue weighted by Crippen LogP contribution is -2.15. The van der Waals surface area contributed by atoms with Gasteiger partial charge in [-0.25, -0.2) is 0 Å². The van der Waals surface area contributed by atoms with E-state index in [1.54, 1.807) is 0 Å². The smallest absolute Gasteiger partial charge is 0.125 e. The molecule has 0 saturated heterocycles. The van der Waals surface area contributed by atoms with E-state index >= 15 is 0 Å². The lowest BCUT2D eigenvalue weighted by molar-refractivity contribution is 0.359. The van der Waals surface area contributed by atoms with Gasteiger partial charge in [-0.15, -0.1) is 0 Å². The molecule has 0 spiro atoms. The Morgan fingerprint density at radius 2 is 2.06 bits per heavy atom. The number of halogens is 2. The van der Waals surface area contributed by atoms with E-state index < -0.39 is 0 Å². The van der Waals surface area contributed by atoms with Crippen molar-refractivity contribution >= 4 is 23.2 Å². The molecular weight excluding hydrogens is 257 g/mol. The van der Waals surface area contributed by atoms with Crippen LogP contribution in [-0.2, 0) is 6.54 Å². The van der Waals surface area contributed by atoms with Gasteiger partial charge in [-0.05, 0) is 30.5 Å². The molecule has 0 heterocycles. The highest BCUT2D eigenvalue weighted by atomic mass is 35.5. The van der Waals surface area contributed by atoms with E-state index in [0.29, 0.717) is 11.6 Å². The number of hydrogen-bond acceptors (Lipinski definition) is 2. The molecule has 4 heteroatoms. The van der Waals surface area contributed by atoms with Crippen LogP contribution in [0.25, 0.3) is 0 Å². The summed E-state index contributed by atoms with van der Waals surface area (Å²) in [7, 11) is 0. The minimum absolute atomic E-state index is 0.310. The number of ether oxygens (including phenoxy) is 1. The van der Waals surface area contributed by atoms with Crippen molar-refractivity contribution in [3.8, 4) is 5.75 Å². The predicted molar refractivity (Wildman–Crippen MR) is 71.6 cm³/mol. The second-order valence-electron chi connectivity index (χ2n) is 4.14. The van der Waals surface area contributed by atoms with Crippen LogP contribution in [0.15, 0.2) is 34.8 Å². The molecule has 92 valence electrons. The molecule has 1 aliphatic rings. The summed E-state index contributed by atoms with van der Waals surface area (Å²) >= 11 is 11.2. The average molecular weight is 272 g/mol. The third kappa shape index (κ3) is 4.58. The van der Waals surface area contributed by atoms with Gasteiger partial charge in [0.1, 0.15) is 12.4 Å². The quantitative estimate of drug-likeness (QED) is 0.853. The molecule has 0 unspecified atom stereocenters. The SMILES string of the molecule is ClC=C(Cl)COc1ccc(CNC2CC2)cc1. The zero-order valence-electron chi connectivity index (χ0n) is 9.46. The van der Waals surface area contributed by atoms with Crippen LogP contribution in [0.3, 0.4) is 0 Å². The van der Waals surface area contributed by atoms with Gasteiger partial charge in [0.2, 0.25) is 0 Å². The van der Waals surface area contributed by atoms with Crippen LogP contribution in [0.4, 0.5) is 0 Å². The molecule has 0 radical (unpaired) electrons. The summed E-state index contributed by atoms with van der Waals surface area (Å²) in [4.78, 5) is 0. The molecule has 1 aliphatic carbocycles. The summed E-state index contributed by atoms with van der Waals surface area (Å²) in [6.07, 6.45) is 2.62. The van der Waals surface area contributed by atoms with Crippen molar-refractivity contribution in [2.24, 2.45) is 0 Å². The molecule has 1 N–H and O–H groups in total. The molecule has 0 atom stereocenters. The summed E-state index contributed by atoms with van der Waals surface area (Å²) < 4.78 is 5.45. The van der Waals surface area contributed by atoms with Crippen LogP contribution in [0, 0.1) is 0 Å². The van der Waals surface area contributed by atoms with Gasteiger partial charge in [0.05, 0.1) is 5.03 Å². The Morgan fingerprint density at radius 3 is 2.65 bits per heavy atom. The summed E-state index contributed by atoms with van der Waals surface area (Å²) in [6.45, 7) is 1.23. The Kier molecular flexibility index (Phi) is 4.72. The van der Waals surface area contributed by atoms with Gasteiger partial charge in [-0.1, -0.05) is 35.3 Å². The Balaban J connectivity index is 1.79. The van der Waals surface area contributed by atoms with Crippen molar-refractivity contribution in [2.45, 2.75) is 25.4 Å². The molecule has 1 aromatic rings. The maximum absolute atomic E-state index is 5.73. The van der Waals surface area contributed by atoms with Crippen LogP contribution in [0.2, 0.25) is 0 Å². The first-order chi connectivity index (χ1) is 8.28. The van der Waals surface area contributed by atoms with E-state index in [2.05, 4.69) is 17.4 Å². The molecule has 0 amide bonds. The van der Waals surface area contributed by atoms with Crippen molar-refractivity contribution < 1.29 is 4.74 Å². The molecule has 1 fully saturated rings. The fourth-order valence-corrected chi connectivity index (χ4v) is 1.55. The fraction of sp³-hybridized carbons (Fsp3) is 0.385. The second kappa shape index (κ2) is 6.29. The minimum Gasteiger partial charge on any atom is -0.488 e. The van der Waals surface area contributed by atoms with Crippen LogP contribution in [0.5, 0.6) is 5.75 Å². The number of benzene rings is 1. The van der Waals surface area contributed by atoms with Crippen molar-refractivity contribution in [1.29, 1.82) is 0 Å². The van der Waals surface area contributed by atoms with Gasteiger partial charge in [0, 0.05) is 18.1 Å². The van der Waals surface area contributed by atoms with Crippen molar-refractivity contribution in [3.63, 3.8) is 0 Å². The molecule has 2 nitrogen and oxygen atoms in total. The normalized spacial score (nSPS) is 16.0. The van der Waals surface area contributed by atoms with Crippen molar-refractivity contribution in [1.82, 2.24) is 5.32 Å². The van der Waals surface area contributed by atoms with E-state index in [-0.39, 0.29) is 0 Å². The number of nitrogens with one attached hydrogen (secondary N) is 1. The van der Waals surface area contributed by atoms with Gasteiger partial charge in [-0.2, -0.15) is 0 Å². The highest BCUT2D eigenvalue weighted by molar-refractivity contribution is 6.36. The molecule has 1 aromatic carbocycles. The molecular formula is C13H15Cl2NO. The first-order valence-corrected chi connectivity index (χ1v) is 6.49. The third-order valence-corrected chi connectivity index (χ3v) is 3.18. The van der Waals surface area contributed by atoms with Crippen LogP contribution in [0.1, 0.15) is 18.4 Å². The fourth-order valence-electron chi connectivity index (χ4n) is 1.44. The molecule has 17 heavy (non-hydrogen) atoms. The second-order valence-corrected chi connectivity index (χ2v) is 4.85. The Labute approximate surface area is 112 Å². The van der Waals surface area contributed by atoms with E-state index in [9.17, 15) is 0 Å². The Bertz CT molecular complexity index is 385. The van der Waals surface area contributed by atoms with Crippen LogP contribution in [-0.4, -0.2) is 12.6 Å². The largest absolute Gasteiger partial charge is 0.488 e. The maximum atomic E-state index is 5.73. The zero-order chi connectivity index (χ0) is 12.1. The standard InChI is InChI=1S/C13H15Cl2NO/c14-7-11(15)9-17-13-5-1-10(2-6-13)8-16-12-3-4-12/h1-2,5-7,12,16H,3-4,8-9H2. The van der Waals surface area contributed by atoms with E-state index in [0.717, 1.165) is 18.3 Å². The monoisotopic (exact) mass is 271 g/mol. The Hall–Kier alpha value is -0.700. The van der Waals surface area contributed by atoms with E-state index in [4.69, 9.17) is 27.9 Å². The van der Waals surface area contributed by atoms with E-state index in [1.165, 1.54) is 23.9 Å².